The van der Waals surface area contributed by atoms with Crippen LogP contribution in [0.25, 0.3) is 17.1 Å². The Morgan fingerprint density at radius 2 is 1.95 bits per heavy atom. The molecule has 0 aliphatic carbocycles. The molecule has 0 aliphatic rings. The molecule has 2 aromatic carbocycles. The number of carboxylic acids is 1. The van der Waals surface area contributed by atoms with Gasteiger partial charge in [0.05, 0.1) is 10.7 Å². The topological polar surface area (TPSA) is 55.1 Å². The van der Waals surface area contributed by atoms with Crippen molar-refractivity contribution in [3.8, 4) is 17.1 Å². The highest BCUT2D eigenvalue weighted by atomic mass is 35.5. The lowest BCUT2D eigenvalue weighted by atomic mass is 10.1. The summed E-state index contributed by atoms with van der Waals surface area (Å²) in [6.07, 6.45) is 1.49. The second kappa shape index (κ2) is 5.66. The van der Waals surface area contributed by atoms with E-state index in [2.05, 4.69) is 4.98 Å². The number of hydrogen-bond acceptors (Lipinski definition) is 2. The molecule has 0 radical (unpaired) electrons. The fraction of sp³-hybridized carbons (Fsp3) is 0.0588. The van der Waals surface area contributed by atoms with Crippen LogP contribution in [-0.2, 0) is 0 Å². The first-order chi connectivity index (χ1) is 10.6. The number of aromatic nitrogens is 2. The predicted octanol–water partition coefficient (Wildman–Crippen LogP) is 4.20. The molecule has 4 nitrogen and oxygen atoms in total. The fourth-order valence-electron chi connectivity index (χ4n) is 2.30. The molecule has 1 aromatic heterocycles. The van der Waals surface area contributed by atoms with Crippen LogP contribution in [0.2, 0.25) is 5.02 Å². The quantitative estimate of drug-likeness (QED) is 0.788. The Bertz CT molecular complexity index is 855. The zero-order valence-electron chi connectivity index (χ0n) is 11.8. The lowest BCUT2D eigenvalue weighted by Crippen LogP contribution is -1.97. The minimum Gasteiger partial charge on any atom is -0.476 e. The van der Waals surface area contributed by atoms with E-state index in [-0.39, 0.29) is 5.69 Å². The van der Waals surface area contributed by atoms with E-state index in [1.54, 1.807) is 10.6 Å². The minimum atomic E-state index is -1.07. The summed E-state index contributed by atoms with van der Waals surface area (Å²) in [5, 5.41) is 9.76. The SMILES string of the molecule is Cc1cccc(-c2nc(C(=O)O)cn2-c2ccccc2Cl)c1. The molecule has 0 unspecified atom stereocenters. The van der Waals surface area contributed by atoms with Crippen LogP contribution in [0.4, 0.5) is 0 Å². The van der Waals surface area contributed by atoms with E-state index >= 15 is 0 Å². The van der Waals surface area contributed by atoms with E-state index < -0.39 is 5.97 Å². The second-order valence-electron chi connectivity index (χ2n) is 4.95. The summed E-state index contributed by atoms with van der Waals surface area (Å²) < 4.78 is 1.71. The van der Waals surface area contributed by atoms with Crippen LogP contribution in [-0.4, -0.2) is 20.6 Å². The molecule has 0 amide bonds. The Kier molecular flexibility index (Phi) is 3.69. The summed E-state index contributed by atoms with van der Waals surface area (Å²) in [5.74, 6) is -0.520. The van der Waals surface area contributed by atoms with Crippen molar-refractivity contribution in [2.45, 2.75) is 6.92 Å². The molecule has 1 N–H and O–H groups in total. The van der Waals surface area contributed by atoms with Crippen LogP contribution in [0.1, 0.15) is 16.1 Å². The maximum absolute atomic E-state index is 11.3. The molecule has 0 saturated carbocycles. The van der Waals surface area contributed by atoms with Gasteiger partial charge in [-0.05, 0) is 25.1 Å². The number of rotatable bonds is 3. The number of aryl methyl sites for hydroxylation is 1. The van der Waals surface area contributed by atoms with Gasteiger partial charge in [0.25, 0.3) is 0 Å². The van der Waals surface area contributed by atoms with Crippen molar-refractivity contribution in [1.29, 1.82) is 0 Å². The first kappa shape index (κ1) is 14.4. The van der Waals surface area contributed by atoms with Crippen molar-refractivity contribution in [1.82, 2.24) is 9.55 Å². The Morgan fingerprint density at radius 3 is 2.64 bits per heavy atom. The highest BCUT2D eigenvalue weighted by Gasteiger charge is 2.17. The van der Waals surface area contributed by atoms with Gasteiger partial charge in [-0.15, -0.1) is 0 Å². The minimum absolute atomic E-state index is 0.0172. The summed E-state index contributed by atoms with van der Waals surface area (Å²) in [5.41, 5.74) is 2.59. The van der Waals surface area contributed by atoms with Gasteiger partial charge >= 0.3 is 5.97 Å². The van der Waals surface area contributed by atoms with Crippen LogP contribution in [0.15, 0.2) is 54.7 Å². The van der Waals surface area contributed by atoms with Gasteiger partial charge in [-0.3, -0.25) is 4.57 Å². The molecule has 5 heteroatoms. The number of para-hydroxylation sites is 1. The highest BCUT2D eigenvalue weighted by Crippen LogP contribution is 2.27. The molecule has 0 atom stereocenters. The predicted molar refractivity (Wildman–Crippen MR) is 85.7 cm³/mol. The lowest BCUT2D eigenvalue weighted by Gasteiger charge is -2.09. The largest absolute Gasteiger partial charge is 0.476 e. The van der Waals surface area contributed by atoms with Crippen molar-refractivity contribution >= 4 is 17.6 Å². The number of halogens is 1. The average Bonchev–Trinajstić information content (AvgIpc) is 2.93. The van der Waals surface area contributed by atoms with Crippen LogP contribution >= 0.6 is 11.6 Å². The van der Waals surface area contributed by atoms with Crippen LogP contribution in [0.5, 0.6) is 0 Å². The van der Waals surface area contributed by atoms with E-state index in [0.717, 1.165) is 11.1 Å². The highest BCUT2D eigenvalue weighted by molar-refractivity contribution is 6.32. The van der Waals surface area contributed by atoms with Gasteiger partial charge in [0.1, 0.15) is 5.82 Å². The third-order valence-electron chi connectivity index (χ3n) is 3.31. The Labute approximate surface area is 132 Å². The monoisotopic (exact) mass is 312 g/mol. The van der Waals surface area contributed by atoms with Crippen LogP contribution < -0.4 is 0 Å². The van der Waals surface area contributed by atoms with Crippen LogP contribution in [0, 0.1) is 6.92 Å². The molecule has 22 heavy (non-hydrogen) atoms. The number of hydrogen-bond donors (Lipinski definition) is 1. The molecule has 0 fully saturated rings. The normalized spacial score (nSPS) is 10.6. The van der Waals surface area contributed by atoms with Crippen LogP contribution in [0.3, 0.4) is 0 Å². The van der Waals surface area contributed by atoms with E-state index in [9.17, 15) is 9.90 Å². The van der Waals surface area contributed by atoms with E-state index in [4.69, 9.17) is 11.6 Å². The van der Waals surface area contributed by atoms with Gasteiger partial charge in [0.2, 0.25) is 0 Å². The number of benzene rings is 2. The summed E-state index contributed by atoms with van der Waals surface area (Å²) in [6, 6.07) is 15.0. The van der Waals surface area contributed by atoms with Crippen molar-refractivity contribution < 1.29 is 9.90 Å². The summed E-state index contributed by atoms with van der Waals surface area (Å²) in [4.78, 5) is 15.5. The molecule has 0 aliphatic heterocycles. The molecule has 0 bridgehead atoms. The number of carbonyl (C=O) groups is 1. The number of aromatic carboxylic acids is 1. The summed E-state index contributed by atoms with van der Waals surface area (Å²) >= 11 is 6.24. The van der Waals surface area contributed by atoms with Gasteiger partial charge in [-0.25, -0.2) is 9.78 Å². The third kappa shape index (κ3) is 2.61. The first-order valence-electron chi connectivity index (χ1n) is 6.71. The van der Waals surface area contributed by atoms with Crippen molar-refractivity contribution in [2.24, 2.45) is 0 Å². The first-order valence-corrected chi connectivity index (χ1v) is 7.08. The molecule has 110 valence electrons. The maximum Gasteiger partial charge on any atom is 0.356 e. The van der Waals surface area contributed by atoms with Crippen molar-refractivity contribution in [2.75, 3.05) is 0 Å². The van der Waals surface area contributed by atoms with Gasteiger partial charge in [-0.2, -0.15) is 0 Å². The van der Waals surface area contributed by atoms with Gasteiger partial charge in [-0.1, -0.05) is 47.5 Å². The smallest absolute Gasteiger partial charge is 0.356 e. The standard InChI is InChI=1S/C17H13ClN2O2/c1-11-5-4-6-12(9-11)16-19-14(17(21)22)10-20(16)15-8-3-2-7-13(15)18/h2-10H,1H3,(H,21,22). The Balaban J connectivity index is 2.25. The fourth-order valence-corrected chi connectivity index (χ4v) is 2.53. The molecule has 3 aromatic rings. The molecule has 0 spiro atoms. The Hall–Kier alpha value is -2.59. The van der Waals surface area contributed by atoms with Crippen molar-refractivity contribution in [3.05, 3.63) is 71.0 Å². The van der Waals surface area contributed by atoms with Gasteiger partial charge in [0.15, 0.2) is 5.69 Å². The number of imidazole rings is 1. The number of carboxylic acid groups (broad SMARTS) is 1. The second-order valence-corrected chi connectivity index (χ2v) is 5.35. The number of nitrogens with zero attached hydrogens (tertiary/aromatic N) is 2. The van der Waals surface area contributed by atoms with E-state index in [1.165, 1.54) is 6.20 Å². The maximum atomic E-state index is 11.3. The van der Waals surface area contributed by atoms with E-state index in [0.29, 0.717) is 16.5 Å². The van der Waals surface area contributed by atoms with Gasteiger partial charge < -0.3 is 5.11 Å². The molecule has 1 heterocycles. The van der Waals surface area contributed by atoms with Gasteiger partial charge in [0, 0.05) is 11.8 Å². The zero-order chi connectivity index (χ0) is 15.7. The molecular weight excluding hydrogens is 300 g/mol. The third-order valence-corrected chi connectivity index (χ3v) is 3.63. The Morgan fingerprint density at radius 1 is 1.18 bits per heavy atom. The lowest BCUT2D eigenvalue weighted by molar-refractivity contribution is 0.0691. The van der Waals surface area contributed by atoms with E-state index in [1.807, 2.05) is 49.4 Å². The van der Waals surface area contributed by atoms with Crippen molar-refractivity contribution in [3.63, 3.8) is 0 Å². The average molecular weight is 313 g/mol. The zero-order valence-corrected chi connectivity index (χ0v) is 12.6. The summed E-state index contributed by atoms with van der Waals surface area (Å²) in [7, 11) is 0. The molecule has 3 rings (SSSR count). The molecular formula is C17H13ClN2O2. The molecule has 0 saturated heterocycles. The summed E-state index contributed by atoms with van der Waals surface area (Å²) in [6.45, 7) is 1.98.